The first-order chi connectivity index (χ1) is 8.48. The van der Waals surface area contributed by atoms with Crippen molar-refractivity contribution in [2.45, 2.75) is 45.1 Å². The molecule has 0 bridgehead atoms. The summed E-state index contributed by atoms with van der Waals surface area (Å²) in [5.74, 6) is 0.362. The van der Waals surface area contributed by atoms with Crippen LogP contribution >= 0.6 is 0 Å². The van der Waals surface area contributed by atoms with Crippen LogP contribution in [0, 0.1) is 11.3 Å². The van der Waals surface area contributed by atoms with Gasteiger partial charge in [-0.25, -0.2) is 0 Å². The molecule has 0 aromatic heterocycles. The molecular weight excluding hydrogens is 220 g/mol. The molecule has 1 spiro atoms. The van der Waals surface area contributed by atoms with Crippen LogP contribution in [0.1, 0.15) is 39.5 Å². The van der Waals surface area contributed by atoms with E-state index in [1.165, 1.54) is 5.57 Å². The van der Waals surface area contributed by atoms with Crippen molar-refractivity contribution in [2.75, 3.05) is 0 Å². The van der Waals surface area contributed by atoms with Crippen LogP contribution in [0.3, 0.4) is 0 Å². The fourth-order valence-corrected chi connectivity index (χ4v) is 3.91. The Morgan fingerprint density at radius 3 is 2.61 bits per heavy atom. The van der Waals surface area contributed by atoms with E-state index in [2.05, 4.69) is 45.2 Å². The molecule has 98 valence electrons. The second-order valence-corrected chi connectivity index (χ2v) is 5.91. The first-order valence-electron chi connectivity index (χ1n) is 6.79. The fourth-order valence-electron chi connectivity index (χ4n) is 3.91. The third kappa shape index (κ3) is 1.65. The molecule has 1 heteroatoms. The number of rotatable bonds is 3. The zero-order chi connectivity index (χ0) is 13.4. The quantitative estimate of drug-likeness (QED) is 0.739. The van der Waals surface area contributed by atoms with E-state index >= 15 is 0 Å². The van der Waals surface area contributed by atoms with Gasteiger partial charge < -0.3 is 5.11 Å². The lowest BCUT2D eigenvalue weighted by atomic mass is 9.54. The third-order valence-corrected chi connectivity index (χ3v) is 4.97. The van der Waals surface area contributed by atoms with Crippen LogP contribution in [-0.2, 0) is 0 Å². The molecule has 0 fully saturated rings. The lowest BCUT2D eigenvalue weighted by molar-refractivity contribution is -0.0802. The van der Waals surface area contributed by atoms with Crippen LogP contribution in [0.2, 0.25) is 0 Å². The molecule has 1 N–H and O–H groups in total. The van der Waals surface area contributed by atoms with Gasteiger partial charge in [0.15, 0.2) is 0 Å². The maximum absolute atomic E-state index is 11.3. The highest BCUT2D eigenvalue weighted by molar-refractivity contribution is 5.33. The predicted octanol–water partition coefficient (Wildman–Crippen LogP) is 4.17. The van der Waals surface area contributed by atoms with E-state index < -0.39 is 5.60 Å². The van der Waals surface area contributed by atoms with Crippen molar-refractivity contribution in [2.24, 2.45) is 11.3 Å². The minimum Gasteiger partial charge on any atom is -0.385 e. The minimum atomic E-state index is -0.764. The van der Waals surface area contributed by atoms with Gasteiger partial charge in [-0.05, 0) is 51.0 Å². The summed E-state index contributed by atoms with van der Waals surface area (Å²) in [6.07, 6.45) is 12.0. The van der Waals surface area contributed by atoms with Crippen LogP contribution in [0.4, 0.5) is 0 Å². The molecule has 0 aromatic rings. The van der Waals surface area contributed by atoms with Crippen LogP contribution in [0.15, 0.2) is 48.6 Å². The van der Waals surface area contributed by atoms with Crippen molar-refractivity contribution in [3.63, 3.8) is 0 Å². The molecule has 0 radical (unpaired) electrons. The van der Waals surface area contributed by atoms with Gasteiger partial charge in [-0.2, -0.15) is 0 Å². The van der Waals surface area contributed by atoms with E-state index in [1.54, 1.807) is 0 Å². The van der Waals surface area contributed by atoms with Crippen molar-refractivity contribution in [1.82, 2.24) is 0 Å². The summed E-state index contributed by atoms with van der Waals surface area (Å²) in [5.41, 5.74) is 1.42. The van der Waals surface area contributed by atoms with E-state index in [0.717, 1.165) is 24.8 Å². The standard InChI is InChI=1S/C17H24O/c1-5-10-17(18)14(4)8-9-15(13(2)3)16(17)11-6-7-12-16/h5-8,15,18H,1-2,9-12H2,3-4H3/t15-,17-/m0/s1. The molecule has 0 aromatic carbocycles. The van der Waals surface area contributed by atoms with Gasteiger partial charge in [-0.15, -0.1) is 6.58 Å². The molecule has 2 aliphatic rings. The molecule has 18 heavy (non-hydrogen) atoms. The minimum absolute atomic E-state index is 0.105. The van der Waals surface area contributed by atoms with E-state index in [4.69, 9.17) is 0 Å². The largest absolute Gasteiger partial charge is 0.385 e. The molecule has 0 unspecified atom stereocenters. The van der Waals surface area contributed by atoms with Crippen molar-refractivity contribution in [3.05, 3.63) is 48.6 Å². The summed E-state index contributed by atoms with van der Waals surface area (Å²) in [7, 11) is 0. The van der Waals surface area contributed by atoms with Gasteiger partial charge in [0.05, 0.1) is 5.60 Å². The van der Waals surface area contributed by atoms with E-state index in [9.17, 15) is 5.11 Å². The molecular formula is C17H24O. The summed E-state index contributed by atoms with van der Waals surface area (Å²) in [6.45, 7) is 12.1. The fraction of sp³-hybridized carbons (Fsp3) is 0.529. The molecule has 0 heterocycles. The summed E-state index contributed by atoms with van der Waals surface area (Å²) in [6, 6.07) is 0. The highest BCUT2D eigenvalue weighted by Gasteiger charge is 2.56. The second-order valence-electron chi connectivity index (χ2n) is 5.91. The van der Waals surface area contributed by atoms with Crippen molar-refractivity contribution >= 4 is 0 Å². The second kappa shape index (κ2) is 4.55. The average molecular weight is 244 g/mol. The lowest BCUT2D eigenvalue weighted by Gasteiger charge is -2.53. The van der Waals surface area contributed by atoms with Crippen LogP contribution in [0.5, 0.6) is 0 Å². The van der Waals surface area contributed by atoms with Crippen molar-refractivity contribution in [3.8, 4) is 0 Å². The Balaban J connectivity index is 2.53. The Hall–Kier alpha value is -1.08. The smallest absolute Gasteiger partial charge is 0.0955 e. The van der Waals surface area contributed by atoms with Crippen molar-refractivity contribution < 1.29 is 5.11 Å². The monoisotopic (exact) mass is 244 g/mol. The van der Waals surface area contributed by atoms with E-state index in [1.807, 2.05) is 6.08 Å². The van der Waals surface area contributed by atoms with Gasteiger partial charge in [-0.3, -0.25) is 0 Å². The van der Waals surface area contributed by atoms with Gasteiger partial charge >= 0.3 is 0 Å². The summed E-state index contributed by atoms with van der Waals surface area (Å²) in [5, 5.41) is 11.3. The third-order valence-electron chi connectivity index (χ3n) is 4.97. The zero-order valence-corrected chi connectivity index (χ0v) is 11.6. The molecule has 0 amide bonds. The van der Waals surface area contributed by atoms with Gasteiger partial charge in [0.1, 0.15) is 0 Å². The molecule has 1 nitrogen and oxygen atoms in total. The Morgan fingerprint density at radius 1 is 1.50 bits per heavy atom. The number of hydrogen-bond acceptors (Lipinski definition) is 1. The number of hydrogen-bond donors (Lipinski definition) is 1. The van der Waals surface area contributed by atoms with Gasteiger partial charge in [0, 0.05) is 5.41 Å². The zero-order valence-electron chi connectivity index (χ0n) is 11.6. The topological polar surface area (TPSA) is 20.2 Å². The maximum Gasteiger partial charge on any atom is 0.0955 e. The predicted molar refractivity (Wildman–Crippen MR) is 77.2 cm³/mol. The molecule has 0 saturated carbocycles. The molecule has 0 aliphatic heterocycles. The lowest BCUT2D eigenvalue weighted by Crippen LogP contribution is -2.54. The van der Waals surface area contributed by atoms with Gasteiger partial charge in [-0.1, -0.05) is 36.5 Å². The number of aliphatic hydroxyl groups is 1. The van der Waals surface area contributed by atoms with E-state index in [-0.39, 0.29) is 5.41 Å². The van der Waals surface area contributed by atoms with Crippen LogP contribution < -0.4 is 0 Å². The summed E-state index contributed by atoms with van der Waals surface area (Å²) >= 11 is 0. The Kier molecular flexibility index (Phi) is 3.37. The summed E-state index contributed by atoms with van der Waals surface area (Å²) in [4.78, 5) is 0. The maximum atomic E-state index is 11.3. The average Bonchev–Trinajstić information content (AvgIpc) is 2.77. The highest BCUT2D eigenvalue weighted by atomic mass is 16.3. The number of allylic oxidation sites excluding steroid dienone is 4. The first kappa shape index (κ1) is 13.4. The molecule has 2 aliphatic carbocycles. The Labute approximate surface area is 111 Å². The normalized spacial score (nSPS) is 33.5. The SMILES string of the molecule is C=CC[C@]1(O)C(C)=CC[C@@H](C(=C)C)C12CC=CC2. The summed E-state index contributed by atoms with van der Waals surface area (Å²) < 4.78 is 0. The molecule has 2 rings (SSSR count). The Bertz CT molecular complexity index is 419. The van der Waals surface area contributed by atoms with E-state index in [0.29, 0.717) is 12.3 Å². The van der Waals surface area contributed by atoms with Crippen LogP contribution in [0.25, 0.3) is 0 Å². The highest BCUT2D eigenvalue weighted by Crippen LogP contribution is 2.58. The van der Waals surface area contributed by atoms with Gasteiger partial charge in [0.25, 0.3) is 0 Å². The first-order valence-corrected chi connectivity index (χ1v) is 6.79. The van der Waals surface area contributed by atoms with Crippen molar-refractivity contribution in [1.29, 1.82) is 0 Å². The molecule has 2 atom stereocenters. The van der Waals surface area contributed by atoms with Gasteiger partial charge in [0.2, 0.25) is 0 Å². The molecule has 0 saturated heterocycles. The van der Waals surface area contributed by atoms with Crippen LogP contribution in [-0.4, -0.2) is 10.7 Å². The Morgan fingerprint density at radius 2 is 2.11 bits per heavy atom.